The number of hydrogen-bond acceptors (Lipinski definition) is 3. The fourth-order valence-electron chi connectivity index (χ4n) is 3.24. The first kappa shape index (κ1) is 17.2. The predicted octanol–water partition coefficient (Wildman–Crippen LogP) is 1.59. The number of nitrogens with zero attached hydrogens (tertiary/aromatic N) is 1. The molecule has 2 heterocycles. The fourth-order valence-corrected chi connectivity index (χ4v) is 3.24. The summed E-state index contributed by atoms with van der Waals surface area (Å²) in [5.41, 5.74) is 0.864. The molecular formula is C19H23N3O3. The van der Waals surface area contributed by atoms with Crippen molar-refractivity contribution >= 4 is 22.7 Å². The molecule has 3 rings (SSSR count). The Hall–Kier alpha value is -2.63. The van der Waals surface area contributed by atoms with Crippen LogP contribution in [-0.4, -0.2) is 40.8 Å². The average Bonchev–Trinajstić information content (AvgIpc) is 2.62. The van der Waals surface area contributed by atoms with Crippen LogP contribution < -0.4 is 10.9 Å². The number of aromatic nitrogens is 1. The lowest BCUT2D eigenvalue weighted by Crippen LogP contribution is -2.49. The molecule has 1 unspecified atom stereocenters. The first-order chi connectivity index (χ1) is 12.0. The highest BCUT2D eigenvalue weighted by Crippen LogP contribution is 2.11. The summed E-state index contributed by atoms with van der Waals surface area (Å²) >= 11 is 0. The number of hydrogen-bond donors (Lipinski definition) is 2. The summed E-state index contributed by atoms with van der Waals surface area (Å²) in [6.45, 7) is 3.20. The predicted molar refractivity (Wildman–Crippen MR) is 96.3 cm³/mol. The van der Waals surface area contributed by atoms with Gasteiger partial charge in [-0.1, -0.05) is 18.2 Å². The summed E-state index contributed by atoms with van der Waals surface area (Å²) in [4.78, 5) is 41.3. The number of benzene rings is 1. The smallest absolute Gasteiger partial charge is 0.252 e. The van der Waals surface area contributed by atoms with Crippen LogP contribution in [0.15, 0.2) is 35.1 Å². The quantitative estimate of drug-likeness (QED) is 0.886. The van der Waals surface area contributed by atoms with Gasteiger partial charge in [0.05, 0.1) is 6.42 Å². The second-order valence-corrected chi connectivity index (χ2v) is 6.56. The third-order valence-electron chi connectivity index (χ3n) is 4.60. The third-order valence-corrected chi connectivity index (χ3v) is 4.60. The van der Waals surface area contributed by atoms with E-state index in [9.17, 15) is 14.4 Å². The molecule has 2 amide bonds. The number of fused-ring (bicyclic) bond motifs is 1. The van der Waals surface area contributed by atoms with Gasteiger partial charge < -0.3 is 15.2 Å². The van der Waals surface area contributed by atoms with E-state index < -0.39 is 6.04 Å². The minimum Gasteiger partial charge on any atom is -0.344 e. The molecule has 1 aromatic heterocycles. The number of amides is 2. The molecule has 0 radical (unpaired) electrons. The van der Waals surface area contributed by atoms with E-state index in [2.05, 4.69) is 10.3 Å². The Bertz CT molecular complexity index is 837. The number of piperidine rings is 1. The molecule has 132 valence electrons. The van der Waals surface area contributed by atoms with Gasteiger partial charge in [-0.3, -0.25) is 14.4 Å². The van der Waals surface area contributed by atoms with Crippen LogP contribution in [-0.2, 0) is 16.0 Å². The number of likely N-dealkylation sites (tertiary alicyclic amines) is 1. The van der Waals surface area contributed by atoms with Crippen LogP contribution in [0.2, 0.25) is 0 Å². The maximum Gasteiger partial charge on any atom is 0.252 e. The molecule has 2 aromatic rings. The van der Waals surface area contributed by atoms with E-state index in [1.807, 2.05) is 24.3 Å². The summed E-state index contributed by atoms with van der Waals surface area (Å²) in [6.07, 6.45) is 3.13. The van der Waals surface area contributed by atoms with Crippen molar-refractivity contribution in [1.82, 2.24) is 15.2 Å². The highest BCUT2D eigenvalue weighted by Gasteiger charge is 2.23. The van der Waals surface area contributed by atoms with Gasteiger partial charge in [0.1, 0.15) is 6.04 Å². The number of carbonyl (C=O) groups excluding carboxylic acids is 2. The molecule has 1 saturated heterocycles. The summed E-state index contributed by atoms with van der Waals surface area (Å²) in [5, 5.41) is 3.59. The molecule has 0 spiro atoms. The zero-order valence-corrected chi connectivity index (χ0v) is 14.4. The van der Waals surface area contributed by atoms with Gasteiger partial charge in [-0.15, -0.1) is 0 Å². The van der Waals surface area contributed by atoms with E-state index in [-0.39, 0.29) is 23.8 Å². The lowest BCUT2D eigenvalue weighted by molar-refractivity contribution is -0.136. The Balaban J connectivity index is 1.65. The number of pyridine rings is 1. The van der Waals surface area contributed by atoms with E-state index in [4.69, 9.17) is 0 Å². The van der Waals surface area contributed by atoms with Crippen molar-refractivity contribution in [1.29, 1.82) is 0 Å². The van der Waals surface area contributed by atoms with Crippen molar-refractivity contribution in [2.75, 3.05) is 13.1 Å². The highest BCUT2D eigenvalue weighted by atomic mass is 16.2. The Morgan fingerprint density at radius 2 is 1.92 bits per heavy atom. The first-order valence-corrected chi connectivity index (χ1v) is 8.73. The molecule has 6 nitrogen and oxygen atoms in total. The fraction of sp³-hybridized carbons (Fsp3) is 0.421. The zero-order valence-electron chi connectivity index (χ0n) is 14.4. The van der Waals surface area contributed by atoms with Crippen molar-refractivity contribution in [3.05, 3.63) is 46.2 Å². The number of para-hydroxylation sites is 1. The number of carbonyl (C=O) groups is 2. The van der Waals surface area contributed by atoms with E-state index in [0.717, 1.165) is 43.3 Å². The highest BCUT2D eigenvalue weighted by molar-refractivity contribution is 5.88. The van der Waals surface area contributed by atoms with Crippen molar-refractivity contribution in [3.63, 3.8) is 0 Å². The van der Waals surface area contributed by atoms with Gasteiger partial charge in [0, 0.05) is 24.2 Å². The monoisotopic (exact) mass is 341 g/mol. The summed E-state index contributed by atoms with van der Waals surface area (Å²) in [6, 6.07) is 8.58. The number of aromatic amines is 1. The topological polar surface area (TPSA) is 82.3 Å². The molecule has 2 N–H and O–H groups in total. The average molecular weight is 341 g/mol. The van der Waals surface area contributed by atoms with Crippen LogP contribution in [0.25, 0.3) is 10.9 Å². The molecular weight excluding hydrogens is 318 g/mol. The number of rotatable bonds is 4. The lowest BCUT2D eigenvalue weighted by atomic mass is 10.1. The standard InChI is InChI=1S/C19H23N3O3/c1-13(19(25)22-9-5-2-6-10-22)20-17(23)12-15-11-14-7-3-4-8-16(14)21-18(15)24/h3-4,7-8,11,13H,2,5-6,9-10,12H2,1H3,(H,20,23)(H,21,24). The molecule has 0 aliphatic carbocycles. The van der Waals surface area contributed by atoms with E-state index >= 15 is 0 Å². The van der Waals surface area contributed by atoms with Gasteiger partial charge in [0.15, 0.2) is 0 Å². The van der Waals surface area contributed by atoms with Crippen molar-refractivity contribution in [3.8, 4) is 0 Å². The third kappa shape index (κ3) is 4.07. The van der Waals surface area contributed by atoms with E-state index in [0.29, 0.717) is 5.56 Å². The van der Waals surface area contributed by atoms with Gasteiger partial charge >= 0.3 is 0 Å². The summed E-state index contributed by atoms with van der Waals surface area (Å²) < 4.78 is 0. The normalized spacial score (nSPS) is 15.8. The van der Waals surface area contributed by atoms with E-state index in [1.165, 1.54) is 0 Å². The first-order valence-electron chi connectivity index (χ1n) is 8.73. The molecule has 0 bridgehead atoms. The number of nitrogens with one attached hydrogen (secondary N) is 2. The second kappa shape index (κ2) is 7.51. The molecule has 1 fully saturated rings. The minimum absolute atomic E-state index is 0.0439. The van der Waals surface area contributed by atoms with Gasteiger partial charge in [-0.25, -0.2) is 0 Å². The second-order valence-electron chi connectivity index (χ2n) is 6.56. The van der Waals surface area contributed by atoms with Crippen LogP contribution in [0.4, 0.5) is 0 Å². The van der Waals surface area contributed by atoms with Gasteiger partial charge in [-0.05, 0) is 43.7 Å². The van der Waals surface area contributed by atoms with Crippen molar-refractivity contribution in [2.24, 2.45) is 0 Å². The van der Waals surface area contributed by atoms with Crippen LogP contribution in [0, 0.1) is 0 Å². The molecule has 1 atom stereocenters. The molecule has 1 aliphatic heterocycles. The van der Waals surface area contributed by atoms with Crippen LogP contribution in [0.3, 0.4) is 0 Å². The molecule has 1 aliphatic rings. The van der Waals surface area contributed by atoms with Gasteiger partial charge in [0.2, 0.25) is 11.8 Å². The maximum absolute atomic E-state index is 12.4. The molecule has 6 heteroatoms. The Labute approximate surface area is 146 Å². The Kier molecular flexibility index (Phi) is 5.16. The van der Waals surface area contributed by atoms with Crippen molar-refractivity contribution in [2.45, 2.75) is 38.6 Å². The zero-order chi connectivity index (χ0) is 17.8. The van der Waals surface area contributed by atoms with Crippen LogP contribution in [0.1, 0.15) is 31.7 Å². The summed E-state index contributed by atoms with van der Waals surface area (Å²) in [7, 11) is 0. The van der Waals surface area contributed by atoms with Gasteiger partial charge in [0.25, 0.3) is 5.56 Å². The largest absolute Gasteiger partial charge is 0.344 e. The lowest BCUT2D eigenvalue weighted by Gasteiger charge is -2.29. The minimum atomic E-state index is -0.579. The summed E-state index contributed by atoms with van der Waals surface area (Å²) in [5.74, 6) is -0.376. The molecule has 0 saturated carbocycles. The SMILES string of the molecule is CC(NC(=O)Cc1cc2ccccc2[nH]c1=O)C(=O)N1CCCCC1. The Morgan fingerprint density at radius 3 is 2.68 bits per heavy atom. The van der Waals surface area contributed by atoms with Crippen LogP contribution in [0.5, 0.6) is 0 Å². The number of H-pyrrole nitrogens is 1. The maximum atomic E-state index is 12.4. The molecule has 25 heavy (non-hydrogen) atoms. The van der Waals surface area contributed by atoms with Crippen LogP contribution >= 0.6 is 0 Å². The van der Waals surface area contributed by atoms with Gasteiger partial charge in [-0.2, -0.15) is 0 Å². The van der Waals surface area contributed by atoms with Crippen molar-refractivity contribution < 1.29 is 9.59 Å². The molecule has 1 aromatic carbocycles. The Morgan fingerprint density at radius 1 is 1.20 bits per heavy atom. The van der Waals surface area contributed by atoms with E-state index in [1.54, 1.807) is 17.9 Å².